The maximum absolute atomic E-state index is 6.65. The lowest BCUT2D eigenvalue weighted by Gasteiger charge is -2.21. The highest BCUT2D eigenvalue weighted by Gasteiger charge is 2.35. The van der Waals surface area contributed by atoms with Crippen LogP contribution in [0.4, 0.5) is 0 Å². The molecule has 0 N–H and O–H groups in total. The van der Waals surface area contributed by atoms with E-state index >= 15 is 0 Å². The van der Waals surface area contributed by atoms with E-state index in [9.17, 15) is 0 Å². The summed E-state index contributed by atoms with van der Waals surface area (Å²) in [5, 5.41) is 2.12. The summed E-state index contributed by atoms with van der Waals surface area (Å²) in [4.78, 5) is 15.6. The minimum Gasteiger partial charge on any atom is -0.456 e. The van der Waals surface area contributed by atoms with Gasteiger partial charge in [-0.25, -0.2) is 15.0 Å². The molecule has 2 aromatic heterocycles. The van der Waals surface area contributed by atoms with Crippen LogP contribution < -0.4 is 0 Å². The molecule has 0 fully saturated rings. The molecule has 0 atom stereocenters. The summed E-state index contributed by atoms with van der Waals surface area (Å²) >= 11 is 0. The van der Waals surface area contributed by atoms with E-state index in [1.165, 1.54) is 33.4 Å². The van der Waals surface area contributed by atoms with Crippen molar-refractivity contribution in [3.8, 4) is 89.8 Å². The lowest BCUT2D eigenvalue weighted by Crippen LogP contribution is -2.14. The van der Waals surface area contributed by atoms with Gasteiger partial charge in [0.1, 0.15) is 11.2 Å². The van der Waals surface area contributed by atoms with Crippen LogP contribution in [0.5, 0.6) is 0 Å². The average Bonchev–Trinajstić information content (AvgIpc) is 3.85. The van der Waals surface area contributed by atoms with E-state index < -0.39 is 0 Å². The van der Waals surface area contributed by atoms with E-state index in [-0.39, 0.29) is 5.41 Å². The Labute approximate surface area is 372 Å². The molecule has 0 saturated heterocycles. The van der Waals surface area contributed by atoms with Crippen molar-refractivity contribution in [3.05, 3.63) is 223 Å². The summed E-state index contributed by atoms with van der Waals surface area (Å²) in [5.74, 6) is 1.78. The molecule has 302 valence electrons. The zero-order chi connectivity index (χ0) is 42.8. The van der Waals surface area contributed by atoms with Gasteiger partial charge >= 0.3 is 0 Å². The molecule has 0 aliphatic heterocycles. The van der Waals surface area contributed by atoms with Gasteiger partial charge in [-0.15, -0.1) is 0 Å². The average molecular weight is 820 g/mol. The molecule has 0 bridgehead atoms. The minimum absolute atomic E-state index is 0.0706. The van der Waals surface area contributed by atoms with Gasteiger partial charge in [-0.2, -0.15) is 0 Å². The number of hydrogen-bond acceptors (Lipinski definition) is 4. The van der Waals surface area contributed by atoms with Crippen LogP contribution >= 0.6 is 0 Å². The third-order valence-electron chi connectivity index (χ3n) is 12.9. The molecule has 4 nitrogen and oxygen atoms in total. The number of furan rings is 1. The van der Waals surface area contributed by atoms with Gasteiger partial charge in [0.25, 0.3) is 0 Å². The van der Waals surface area contributed by atoms with E-state index in [0.717, 1.165) is 72.0 Å². The second kappa shape index (κ2) is 15.0. The molecule has 0 unspecified atom stereocenters. The Hall–Kier alpha value is -8.21. The lowest BCUT2D eigenvalue weighted by atomic mass is 9.82. The molecule has 12 rings (SSSR count). The van der Waals surface area contributed by atoms with Crippen LogP contribution in [0.1, 0.15) is 25.0 Å². The molecule has 1 aliphatic carbocycles. The Morgan fingerprint density at radius 2 is 0.812 bits per heavy atom. The third-order valence-corrected chi connectivity index (χ3v) is 12.9. The predicted molar refractivity (Wildman–Crippen MR) is 263 cm³/mol. The van der Waals surface area contributed by atoms with Crippen LogP contribution in [0.15, 0.2) is 217 Å². The van der Waals surface area contributed by atoms with Crippen LogP contribution in [-0.4, -0.2) is 15.0 Å². The van der Waals surface area contributed by atoms with Crippen LogP contribution in [0.2, 0.25) is 0 Å². The molecule has 0 radical (unpaired) electrons. The first-order chi connectivity index (χ1) is 31.4. The molecule has 9 aromatic carbocycles. The SMILES string of the molecule is CC1(C)c2ccccc2-c2cc(-c3cc(-c4ccccc4)cc(-c4nc(-c5ccccc5)nc(-c5ccc6c(c5)oc5cccc(-c7cccc(-c8ccccc8)c7)c56)n4)c3)ccc21. The summed E-state index contributed by atoms with van der Waals surface area (Å²) in [6.07, 6.45) is 0. The fourth-order valence-corrected chi connectivity index (χ4v) is 9.67. The van der Waals surface area contributed by atoms with E-state index in [1.54, 1.807) is 0 Å². The second-order valence-corrected chi connectivity index (χ2v) is 17.2. The Morgan fingerprint density at radius 3 is 1.56 bits per heavy atom. The molecule has 4 heteroatoms. The molecular formula is C60H41N3O. The van der Waals surface area contributed by atoms with Crippen molar-refractivity contribution < 1.29 is 4.42 Å². The summed E-state index contributed by atoms with van der Waals surface area (Å²) in [5.41, 5.74) is 18.6. The first-order valence-corrected chi connectivity index (χ1v) is 21.8. The Kier molecular flexibility index (Phi) is 8.80. The number of hydrogen-bond donors (Lipinski definition) is 0. The van der Waals surface area contributed by atoms with Gasteiger partial charge in [0.2, 0.25) is 0 Å². The van der Waals surface area contributed by atoms with Gasteiger partial charge in [-0.3, -0.25) is 0 Å². The predicted octanol–water partition coefficient (Wildman–Crippen LogP) is 15.7. The minimum atomic E-state index is -0.0706. The molecule has 1 aliphatic rings. The monoisotopic (exact) mass is 819 g/mol. The molecule has 0 amide bonds. The molecular weight excluding hydrogens is 779 g/mol. The standard InChI is InChI=1S/C60H41N3O/c1-60(2)52-26-13-12-24-49(52)51-36-42(29-31-53(51)60)46-33-45(39-18-8-4-9-19-39)34-47(35-46)59-62-57(40-20-10-5-11-21-40)61-58(63-59)44-28-30-50-55(37-44)64-54-27-15-25-48(56(50)54)43-23-14-22-41(32-43)38-16-6-3-7-17-38/h3-37H,1-2H3. The van der Waals surface area contributed by atoms with Gasteiger partial charge in [-0.05, 0) is 115 Å². The fraction of sp³-hybridized carbons (Fsp3) is 0.0500. The quantitative estimate of drug-likeness (QED) is 0.161. The highest BCUT2D eigenvalue weighted by Crippen LogP contribution is 2.50. The first kappa shape index (κ1) is 37.5. The van der Waals surface area contributed by atoms with Crippen molar-refractivity contribution in [2.24, 2.45) is 0 Å². The lowest BCUT2D eigenvalue weighted by molar-refractivity contribution is 0.660. The van der Waals surface area contributed by atoms with Crippen molar-refractivity contribution in [3.63, 3.8) is 0 Å². The summed E-state index contributed by atoms with van der Waals surface area (Å²) < 4.78 is 6.65. The van der Waals surface area contributed by atoms with Crippen LogP contribution in [-0.2, 0) is 5.41 Å². The molecule has 2 heterocycles. The molecule has 11 aromatic rings. The topological polar surface area (TPSA) is 51.8 Å². The van der Waals surface area contributed by atoms with Gasteiger partial charge in [0.05, 0.1) is 0 Å². The van der Waals surface area contributed by atoms with E-state index in [1.807, 2.05) is 24.3 Å². The van der Waals surface area contributed by atoms with Crippen LogP contribution in [0.3, 0.4) is 0 Å². The highest BCUT2D eigenvalue weighted by molar-refractivity contribution is 6.13. The first-order valence-electron chi connectivity index (χ1n) is 21.8. The third kappa shape index (κ3) is 6.42. The zero-order valence-electron chi connectivity index (χ0n) is 35.5. The van der Waals surface area contributed by atoms with Crippen molar-refractivity contribution in [1.82, 2.24) is 15.0 Å². The number of nitrogens with zero attached hydrogens (tertiary/aromatic N) is 3. The van der Waals surface area contributed by atoms with Crippen molar-refractivity contribution in [1.29, 1.82) is 0 Å². The van der Waals surface area contributed by atoms with Gasteiger partial charge in [0.15, 0.2) is 17.5 Å². The van der Waals surface area contributed by atoms with Crippen LogP contribution in [0, 0.1) is 0 Å². The molecule has 0 saturated carbocycles. The molecule has 0 spiro atoms. The van der Waals surface area contributed by atoms with Gasteiger partial charge in [-0.1, -0.05) is 178 Å². The van der Waals surface area contributed by atoms with E-state index in [4.69, 9.17) is 19.4 Å². The van der Waals surface area contributed by atoms with Gasteiger partial charge < -0.3 is 4.42 Å². The molecule has 64 heavy (non-hydrogen) atoms. The Morgan fingerprint density at radius 1 is 0.312 bits per heavy atom. The summed E-state index contributed by atoms with van der Waals surface area (Å²) in [7, 11) is 0. The smallest absolute Gasteiger partial charge is 0.164 e. The van der Waals surface area contributed by atoms with Crippen molar-refractivity contribution in [2.75, 3.05) is 0 Å². The fourth-order valence-electron chi connectivity index (χ4n) is 9.67. The maximum atomic E-state index is 6.65. The van der Waals surface area contributed by atoms with Crippen molar-refractivity contribution in [2.45, 2.75) is 19.3 Å². The number of fused-ring (bicyclic) bond motifs is 6. The van der Waals surface area contributed by atoms with Crippen LogP contribution in [0.25, 0.3) is 112 Å². The second-order valence-electron chi connectivity index (χ2n) is 17.2. The number of rotatable bonds is 7. The normalized spacial score (nSPS) is 12.7. The van der Waals surface area contributed by atoms with E-state index in [2.05, 4.69) is 202 Å². The van der Waals surface area contributed by atoms with Crippen molar-refractivity contribution >= 4 is 21.9 Å². The largest absolute Gasteiger partial charge is 0.456 e. The highest BCUT2D eigenvalue weighted by atomic mass is 16.3. The van der Waals surface area contributed by atoms with E-state index in [0.29, 0.717) is 17.5 Å². The number of aromatic nitrogens is 3. The summed E-state index contributed by atoms with van der Waals surface area (Å²) in [6, 6.07) is 75.0. The zero-order valence-corrected chi connectivity index (χ0v) is 35.5. The van der Waals surface area contributed by atoms with Gasteiger partial charge in [0, 0.05) is 32.9 Å². The maximum Gasteiger partial charge on any atom is 0.164 e. The number of benzene rings is 9. The Balaban J connectivity index is 1.01. The summed E-state index contributed by atoms with van der Waals surface area (Å²) in [6.45, 7) is 4.65. The Bertz CT molecular complexity index is 3570.